The Kier molecular flexibility index (Phi) is 6.94. The second kappa shape index (κ2) is 8.29. The minimum atomic E-state index is -0.0183. The van der Waals surface area contributed by atoms with Crippen LogP contribution >= 0.6 is 0 Å². The Morgan fingerprint density at radius 2 is 2.18 bits per heavy atom. The van der Waals surface area contributed by atoms with E-state index in [1.165, 1.54) is 19.3 Å². The van der Waals surface area contributed by atoms with Gasteiger partial charge in [-0.2, -0.15) is 0 Å². The third-order valence-corrected chi connectivity index (χ3v) is 3.17. The van der Waals surface area contributed by atoms with Crippen molar-refractivity contribution in [1.29, 1.82) is 0 Å². The Morgan fingerprint density at radius 3 is 2.82 bits per heavy atom. The second-order valence-electron chi connectivity index (χ2n) is 4.58. The van der Waals surface area contributed by atoms with Crippen LogP contribution in [0.4, 0.5) is 0 Å². The number of rotatable bonds is 10. The SMILES string of the molecule is C=CCOCC[C@@H]1OC(=O)[C@H]1CCCCCC. The summed E-state index contributed by atoms with van der Waals surface area (Å²) in [5.41, 5.74) is 0. The van der Waals surface area contributed by atoms with E-state index in [0.717, 1.165) is 19.3 Å². The van der Waals surface area contributed by atoms with Crippen molar-refractivity contribution >= 4 is 5.97 Å². The molecular weight excluding hydrogens is 216 g/mol. The smallest absolute Gasteiger partial charge is 0.313 e. The number of hydrogen-bond acceptors (Lipinski definition) is 3. The predicted molar refractivity (Wildman–Crippen MR) is 67.8 cm³/mol. The van der Waals surface area contributed by atoms with Crippen LogP contribution in [0.25, 0.3) is 0 Å². The first-order valence-electron chi connectivity index (χ1n) is 6.68. The number of hydrogen-bond donors (Lipinski definition) is 0. The van der Waals surface area contributed by atoms with Crippen LogP contribution in [-0.4, -0.2) is 25.3 Å². The fourth-order valence-corrected chi connectivity index (χ4v) is 2.12. The van der Waals surface area contributed by atoms with E-state index in [0.29, 0.717) is 13.2 Å². The number of ether oxygens (including phenoxy) is 2. The van der Waals surface area contributed by atoms with E-state index in [2.05, 4.69) is 13.5 Å². The molecule has 0 bridgehead atoms. The van der Waals surface area contributed by atoms with Gasteiger partial charge in [0.1, 0.15) is 6.10 Å². The highest BCUT2D eigenvalue weighted by molar-refractivity contribution is 5.78. The molecule has 1 fully saturated rings. The van der Waals surface area contributed by atoms with Gasteiger partial charge < -0.3 is 9.47 Å². The van der Waals surface area contributed by atoms with E-state index in [1.54, 1.807) is 6.08 Å². The molecule has 0 aromatic rings. The molecule has 0 N–H and O–H groups in total. The molecule has 1 aliphatic rings. The number of carbonyl (C=O) groups is 1. The fourth-order valence-electron chi connectivity index (χ4n) is 2.12. The number of unbranched alkanes of at least 4 members (excludes halogenated alkanes) is 3. The summed E-state index contributed by atoms with van der Waals surface area (Å²) >= 11 is 0. The van der Waals surface area contributed by atoms with Crippen LogP contribution in [-0.2, 0) is 14.3 Å². The highest BCUT2D eigenvalue weighted by Gasteiger charge is 2.41. The van der Waals surface area contributed by atoms with E-state index in [1.807, 2.05) is 0 Å². The first kappa shape index (κ1) is 14.2. The van der Waals surface area contributed by atoms with Gasteiger partial charge in [-0.3, -0.25) is 4.79 Å². The van der Waals surface area contributed by atoms with Crippen molar-refractivity contribution in [3.63, 3.8) is 0 Å². The standard InChI is InChI=1S/C14H24O3/c1-3-5-6-7-8-12-13(17-14(12)15)9-11-16-10-4-2/h4,12-13H,2-3,5-11H2,1H3/t12-,13-/m0/s1. The lowest BCUT2D eigenvalue weighted by molar-refractivity contribution is -0.187. The molecule has 1 heterocycles. The maximum Gasteiger partial charge on any atom is 0.313 e. The molecule has 0 saturated carbocycles. The molecule has 1 saturated heterocycles. The van der Waals surface area contributed by atoms with Gasteiger partial charge in [0.2, 0.25) is 0 Å². The van der Waals surface area contributed by atoms with Gasteiger partial charge >= 0.3 is 5.97 Å². The van der Waals surface area contributed by atoms with E-state index < -0.39 is 0 Å². The molecule has 3 heteroatoms. The molecule has 0 aromatic heterocycles. The Bertz CT molecular complexity index is 238. The lowest BCUT2D eigenvalue weighted by atomic mass is 9.89. The molecule has 0 spiro atoms. The highest BCUT2D eigenvalue weighted by atomic mass is 16.6. The van der Waals surface area contributed by atoms with Gasteiger partial charge in [0.05, 0.1) is 19.1 Å². The van der Waals surface area contributed by atoms with Gasteiger partial charge in [-0.15, -0.1) is 6.58 Å². The average molecular weight is 240 g/mol. The Morgan fingerprint density at radius 1 is 1.35 bits per heavy atom. The van der Waals surface area contributed by atoms with Gasteiger partial charge in [-0.25, -0.2) is 0 Å². The molecule has 3 nitrogen and oxygen atoms in total. The average Bonchev–Trinajstić information content (AvgIpc) is 2.32. The summed E-state index contributed by atoms with van der Waals surface area (Å²) in [7, 11) is 0. The van der Waals surface area contributed by atoms with Crippen LogP contribution in [0, 0.1) is 5.92 Å². The molecular formula is C14H24O3. The molecule has 2 atom stereocenters. The second-order valence-corrected chi connectivity index (χ2v) is 4.58. The quantitative estimate of drug-likeness (QED) is 0.334. The zero-order chi connectivity index (χ0) is 12.5. The Hall–Kier alpha value is -0.830. The number of carbonyl (C=O) groups excluding carboxylic acids is 1. The molecule has 1 aliphatic heterocycles. The van der Waals surface area contributed by atoms with Crippen molar-refractivity contribution in [3.05, 3.63) is 12.7 Å². The third kappa shape index (κ3) is 4.90. The summed E-state index contributed by atoms with van der Waals surface area (Å²) in [6, 6.07) is 0. The van der Waals surface area contributed by atoms with Gasteiger partial charge in [-0.05, 0) is 6.42 Å². The monoisotopic (exact) mass is 240 g/mol. The summed E-state index contributed by atoms with van der Waals surface area (Å²) in [6.07, 6.45) is 8.47. The minimum Gasteiger partial charge on any atom is -0.461 e. The van der Waals surface area contributed by atoms with Crippen molar-refractivity contribution < 1.29 is 14.3 Å². The summed E-state index contributed by atoms with van der Waals surface area (Å²) in [4.78, 5) is 11.3. The first-order valence-corrected chi connectivity index (χ1v) is 6.68. The summed E-state index contributed by atoms with van der Waals surface area (Å²) in [5.74, 6) is 0.106. The van der Waals surface area contributed by atoms with E-state index in [-0.39, 0.29) is 18.0 Å². The summed E-state index contributed by atoms with van der Waals surface area (Å²) < 4.78 is 10.5. The van der Waals surface area contributed by atoms with Crippen molar-refractivity contribution in [3.8, 4) is 0 Å². The van der Waals surface area contributed by atoms with Gasteiger partial charge in [0.15, 0.2) is 0 Å². The lowest BCUT2D eigenvalue weighted by Crippen LogP contribution is -2.45. The zero-order valence-corrected chi connectivity index (χ0v) is 10.8. The Labute approximate surface area is 104 Å². The normalized spacial score (nSPS) is 23.0. The summed E-state index contributed by atoms with van der Waals surface area (Å²) in [6.45, 7) is 7.00. The van der Waals surface area contributed by atoms with Crippen LogP contribution in [0.5, 0.6) is 0 Å². The Balaban J connectivity index is 2.09. The molecule has 0 radical (unpaired) electrons. The maximum atomic E-state index is 11.3. The first-order chi connectivity index (χ1) is 8.29. The van der Waals surface area contributed by atoms with Crippen molar-refractivity contribution in [2.45, 2.75) is 51.6 Å². The van der Waals surface area contributed by atoms with Gasteiger partial charge in [0, 0.05) is 6.42 Å². The largest absolute Gasteiger partial charge is 0.461 e. The lowest BCUT2D eigenvalue weighted by Gasteiger charge is -2.35. The van der Waals surface area contributed by atoms with Crippen molar-refractivity contribution in [2.75, 3.05) is 13.2 Å². The van der Waals surface area contributed by atoms with Crippen molar-refractivity contribution in [1.82, 2.24) is 0 Å². The van der Waals surface area contributed by atoms with Crippen LogP contribution in [0.15, 0.2) is 12.7 Å². The molecule has 0 aliphatic carbocycles. The van der Waals surface area contributed by atoms with Crippen LogP contribution < -0.4 is 0 Å². The molecule has 1 rings (SSSR count). The molecule has 0 amide bonds. The van der Waals surface area contributed by atoms with Crippen molar-refractivity contribution in [2.24, 2.45) is 5.92 Å². The highest BCUT2D eigenvalue weighted by Crippen LogP contribution is 2.30. The summed E-state index contributed by atoms with van der Waals surface area (Å²) in [5, 5.41) is 0. The van der Waals surface area contributed by atoms with E-state index >= 15 is 0 Å². The van der Waals surface area contributed by atoms with Gasteiger partial charge in [0.25, 0.3) is 0 Å². The molecule has 17 heavy (non-hydrogen) atoms. The van der Waals surface area contributed by atoms with Crippen LogP contribution in [0.3, 0.4) is 0 Å². The molecule has 98 valence electrons. The topological polar surface area (TPSA) is 35.5 Å². The number of cyclic esters (lactones) is 1. The van der Waals surface area contributed by atoms with Crippen LogP contribution in [0.2, 0.25) is 0 Å². The van der Waals surface area contributed by atoms with Gasteiger partial charge in [-0.1, -0.05) is 38.7 Å². The van der Waals surface area contributed by atoms with E-state index in [9.17, 15) is 4.79 Å². The molecule has 0 aromatic carbocycles. The predicted octanol–water partition coefficient (Wildman–Crippen LogP) is 3.09. The zero-order valence-electron chi connectivity index (χ0n) is 10.8. The molecule has 0 unspecified atom stereocenters. The minimum absolute atomic E-state index is 0.0183. The van der Waals surface area contributed by atoms with E-state index in [4.69, 9.17) is 9.47 Å². The fraction of sp³-hybridized carbons (Fsp3) is 0.786. The third-order valence-electron chi connectivity index (χ3n) is 3.17. The number of esters is 1. The van der Waals surface area contributed by atoms with Crippen LogP contribution in [0.1, 0.15) is 45.4 Å². The maximum absolute atomic E-state index is 11.3.